The van der Waals surface area contributed by atoms with Crippen molar-refractivity contribution >= 4 is 23.5 Å². The summed E-state index contributed by atoms with van der Waals surface area (Å²) in [6, 6.07) is 8.98. The quantitative estimate of drug-likeness (QED) is 0.384. The van der Waals surface area contributed by atoms with E-state index in [0.717, 1.165) is 49.9 Å². The minimum atomic E-state index is -0.506. The molecule has 1 fully saturated rings. The average molecular weight is 499 g/mol. The maximum atomic E-state index is 13.1. The van der Waals surface area contributed by atoms with Crippen LogP contribution in [0.25, 0.3) is 17.0 Å². The number of nitrogens with zero attached hydrogens (tertiary/aromatic N) is 4. The number of unbranched alkanes of at least 4 members (excludes halogenated alkanes) is 2. The number of imidazole rings is 1. The topological polar surface area (TPSA) is 68.8 Å². The van der Waals surface area contributed by atoms with Crippen LogP contribution in [0.5, 0.6) is 0 Å². The molecule has 0 unspecified atom stereocenters. The first-order valence-electron chi connectivity index (χ1n) is 12.5. The molecule has 0 atom stereocenters. The molecule has 0 N–H and O–H groups in total. The second kappa shape index (κ2) is 10.4. The van der Waals surface area contributed by atoms with E-state index >= 15 is 0 Å². The number of halogens is 1. The van der Waals surface area contributed by atoms with Gasteiger partial charge in [-0.15, -0.1) is 0 Å². The van der Waals surface area contributed by atoms with Gasteiger partial charge in [-0.25, -0.2) is 9.78 Å². The zero-order valence-electron chi connectivity index (χ0n) is 21.1. The largest absolute Gasteiger partial charge is 0.444 e. The van der Waals surface area contributed by atoms with Crippen LogP contribution < -0.4 is 5.56 Å². The number of carbonyl (C=O) groups excluding carboxylic acids is 1. The monoisotopic (exact) mass is 498 g/mol. The fraction of sp³-hybridized carbons (Fsp3) is 0.519. The van der Waals surface area contributed by atoms with Crippen molar-refractivity contribution in [3.63, 3.8) is 0 Å². The Morgan fingerprint density at radius 3 is 2.46 bits per heavy atom. The predicted molar refractivity (Wildman–Crippen MR) is 139 cm³/mol. The van der Waals surface area contributed by atoms with Crippen LogP contribution in [-0.4, -0.2) is 43.6 Å². The van der Waals surface area contributed by atoms with Crippen molar-refractivity contribution in [2.45, 2.75) is 77.9 Å². The fourth-order valence-corrected chi connectivity index (χ4v) is 4.76. The SMILES string of the molecule is CCCCCn1c(C2CCN(C(=O)OC(C)(C)C)CC2)cn2c(=O)cc(-c3ccc(Cl)cc3)nc12. The first kappa shape index (κ1) is 25.3. The lowest BCUT2D eigenvalue weighted by Crippen LogP contribution is -2.41. The van der Waals surface area contributed by atoms with Gasteiger partial charge < -0.3 is 14.2 Å². The molecule has 1 aliphatic heterocycles. The summed E-state index contributed by atoms with van der Waals surface area (Å²) in [5.74, 6) is 0.915. The van der Waals surface area contributed by atoms with E-state index in [1.165, 1.54) is 0 Å². The van der Waals surface area contributed by atoms with Gasteiger partial charge in [-0.1, -0.05) is 43.5 Å². The third kappa shape index (κ3) is 5.89. The van der Waals surface area contributed by atoms with Crippen molar-refractivity contribution in [3.05, 3.63) is 57.6 Å². The second-order valence-corrected chi connectivity index (χ2v) is 10.7. The summed E-state index contributed by atoms with van der Waals surface area (Å²) < 4.78 is 9.43. The van der Waals surface area contributed by atoms with E-state index in [0.29, 0.717) is 29.6 Å². The summed E-state index contributed by atoms with van der Waals surface area (Å²) >= 11 is 6.05. The Balaban J connectivity index is 1.65. The summed E-state index contributed by atoms with van der Waals surface area (Å²) in [7, 11) is 0. The maximum absolute atomic E-state index is 13.1. The second-order valence-electron chi connectivity index (χ2n) is 10.3. The molecule has 0 bridgehead atoms. The number of benzene rings is 1. The Kier molecular flexibility index (Phi) is 7.55. The van der Waals surface area contributed by atoms with E-state index in [2.05, 4.69) is 11.5 Å². The number of hydrogen-bond acceptors (Lipinski definition) is 4. The van der Waals surface area contributed by atoms with Crippen molar-refractivity contribution < 1.29 is 9.53 Å². The van der Waals surface area contributed by atoms with Crippen LogP contribution in [0, 0.1) is 0 Å². The average Bonchev–Trinajstić information content (AvgIpc) is 3.18. The standard InChI is InChI=1S/C27H35ClN4O3/c1-5-6-7-14-31-23(20-12-15-30(16-13-20)26(34)35-27(2,3)4)18-32-24(33)17-22(29-25(31)32)19-8-10-21(28)11-9-19/h8-11,17-18,20H,5-7,12-16H2,1-4H3. The molecule has 7 nitrogen and oxygen atoms in total. The first-order valence-corrected chi connectivity index (χ1v) is 12.9. The highest BCUT2D eigenvalue weighted by Gasteiger charge is 2.29. The molecule has 3 aromatic rings. The van der Waals surface area contributed by atoms with Gasteiger partial charge in [0.05, 0.1) is 5.69 Å². The predicted octanol–water partition coefficient (Wildman–Crippen LogP) is 6.12. The van der Waals surface area contributed by atoms with Crippen molar-refractivity contribution in [3.8, 4) is 11.3 Å². The molecule has 1 aliphatic rings. The molecule has 1 amide bonds. The van der Waals surface area contributed by atoms with Gasteiger partial charge in [0.2, 0.25) is 5.78 Å². The number of carbonyl (C=O) groups is 1. The van der Waals surface area contributed by atoms with E-state index in [1.807, 2.05) is 51.2 Å². The van der Waals surface area contributed by atoms with Gasteiger partial charge in [0.1, 0.15) is 5.60 Å². The molecular weight excluding hydrogens is 464 g/mol. The van der Waals surface area contributed by atoms with Crippen molar-refractivity contribution in [1.29, 1.82) is 0 Å². The van der Waals surface area contributed by atoms with Crippen LogP contribution in [0.2, 0.25) is 5.02 Å². The Morgan fingerprint density at radius 2 is 1.83 bits per heavy atom. The Hall–Kier alpha value is -2.80. The van der Waals surface area contributed by atoms with E-state index < -0.39 is 5.60 Å². The van der Waals surface area contributed by atoms with Crippen molar-refractivity contribution in [2.24, 2.45) is 0 Å². The lowest BCUT2D eigenvalue weighted by atomic mass is 9.94. The molecule has 3 heterocycles. The lowest BCUT2D eigenvalue weighted by Gasteiger charge is -2.33. The Morgan fingerprint density at radius 1 is 1.14 bits per heavy atom. The van der Waals surface area contributed by atoms with Gasteiger partial charge in [0, 0.05) is 54.1 Å². The van der Waals surface area contributed by atoms with Gasteiger partial charge in [-0.05, 0) is 52.2 Å². The zero-order chi connectivity index (χ0) is 25.2. The highest BCUT2D eigenvalue weighted by atomic mass is 35.5. The number of aromatic nitrogens is 3. The molecule has 0 saturated carbocycles. The first-order chi connectivity index (χ1) is 16.7. The molecular formula is C27H35ClN4O3. The van der Waals surface area contributed by atoms with E-state index in [4.69, 9.17) is 21.3 Å². The molecule has 2 aromatic heterocycles. The van der Waals surface area contributed by atoms with Crippen LogP contribution in [0.4, 0.5) is 4.79 Å². The Bertz CT molecular complexity index is 1230. The molecule has 0 radical (unpaired) electrons. The highest BCUT2D eigenvalue weighted by Crippen LogP contribution is 2.31. The number of rotatable bonds is 6. The van der Waals surface area contributed by atoms with Crippen LogP contribution in [0.1, 0.15) is 71.4 Å². The normalized spacial score (nSPS) is 15.1. The molecule has 188 valence electrons. The molecule has 0 aliphatic carbocycles. The van der Waals surface area contributed by atoms with Crippen LogP contribution in [0.15, 0.2) is 41.3 Å². The summed E-state index contributed by atoms with van der Waals surface area (Å²) in [4.78, 5) is 32.3. The third-order valence-corrected chi connectivity index (χ3v) is 6.69. The Labute approximate surface area is 211 Å². The van der Waals surface area contributed by atoms with E-state index in [1.54, 1.807) is 15.4 Å². The van der Waals surface area contributed by atoms with Crippen LogP contribution >= 0.6 is 11.6 Å². The van der Waals surface area contributed by atoms with Crippen molar-refractivity contribution in [2.75, 3.05) is 13.1 Å². The minimum absolute atomic E-state index is 0.0957. The van der Waals surface area contributed by atoms with E-state index in [-0.39, 0.29) is 17.6 Å². The number of likely N-dealkylation sites (tertiary alicyclic amines) is 1. The highest BCUT2D eigenvalue weighted by molar-refractivity contribution is 6.30. The molecule has 4 rings (SSSR count). The molecule has 1 aromatic carbocycles. The summed E-state index contributed by atoms with van der Waals surface area (Å²) in [5, 5.41) is 0.648. The molecule has 8 heteroatoms. The van der Waals surface area contributed by atoms with Crippen molar-refractivity contribution in [1.82, 2.24) is 18.9 Å². The zero-order valence-corrected chi connectivity index (χ0v) is 21.8. The molecule has 35 heavy (non-hydrogen) atoms. The number of ether oxygens (including phenoxy) is 1. The molecule has 0 spiro atoms. The number of amides is 1. The van der Waals surface area contributed by atoms with E-state index in [9.17, 15) is 9.59 Å². The smallest absolute Gasteiger partial charge is 0.410 e. The summed E-state index contributed by atoms with van der Waals surface area (Å²) in [6.45, 7) is 9.91. The van der Waals surface area contributed by atoms with Crippen LogP contribution in [-0.2, 0) is 11.3 Å². The number of piperidine rings is 1. The minimum Gasteiger partial charge on any atom is -0.444 e. The summed E-state index contributed by atoms with van der Waals surface area (Å²) in [6.07, 6.45) is 6.59. The molecule has 1 saturated heterocycles. The number of fused-ring (bicyclic) bond motifs is 1. The van der Waals surface area contributed by atoms with Gasteiger partial charge in [0.15, 0.2) is 0 Å². The van der Waals surface area contributed by atoms with Gasteiger partial charge in [-0.2, -0.15) is 0 Å². The van der Waals surface area contributed by atoms with Crippen LogP contribution in [0.3, 0.4) is 0 Å². The number of aryl methyl sites for hydroxylation is 1. The van der Waals surface area contributed by atoms with Gasteiger partial charge >= 0.3 is 6.09 Å². The van der Waals surface area contributed by atoms with Gasteiger partial charge in [0.25, 0.3) is 5.56 Å². The lowest BCUT2D eigenvalue weighted by molar-refractivity contribution is 0.0203. The fourth-order valence-electron chi connectivity index (χ4n) is 4.64. The summed E-state index contributed by atoms with van der Waals surface area (Å²) in [5.41, 5.74) is 2.02. The third-order valence-electron chi connectivity index (χ3n) is 6.44. The van der Waals surface area contributed by atoms with Gasteiger partial charge in [-0.3, -0.25) is 9.20 Å². The maximum Gasteiger partial charge on any atom is 0.410 e. The number of hydrogen-bond donors (Lipinski definition) is 0.